The third-order valence-electron chi connectivity index (χ3n) is 4.93. The topological polar surface area (TPSA) is 59.2 Å². The number of hydrogen-bond acceptors (Lipinski definition) is 5. The van der Waals surface area contributed by atoms with Gasteiger partial charge in [-0.1, -0.05) is 48.0 Å². The molecular formula is C22H22ClN3O2S. The average Bonchev–Trinajstić information content (AvgIpc) is 3.46. The van der Waals surface area contributed by atoms with Crippen molar-refractivity contribution >= 4 is 29.3 Å². The van der Waals surface area contributed by atoms with Gasteiger partial charge in [0.05, 0.1) is 22.9 Å². The summed E-state index contributed by atoms with van der Waals surface area (Å²) in [5.41, 5.74) is 3.22. The van der Waals surface area contributed by atoms with Gasteiger partial charge >= 0.3 is 0 Å². The second-order valence-electron chi connectivity index (χ2n) is 7.15. The highest BCUT2D eigenvalue weighted by Gasteiger charge is 2.33. The van der Waals surface area contributed by atoms with Gasteiger partial charge in [-0.25, -0.2) is 0 Å². The van der Waals surface area contributed by atoms with Crippen LogP contribution < -0.4 is 0 Å². The van der Waals surface area contributed by atoms with Crippen molar-refractivity contribution in [2.45, 2.75) is 38.1 Å². The van der Waals surface area contributed by atoms with Gasteiger partial charge in [0.2, 0.25) is 17.7 Å². The summed E-state index contributed by atoms with van der Waals surface area (Å²) in [4.78, 5) is 14.7. The SMILES string of the molecule is Cc1ccccc1CSCC(=O)N(Cc1nnc(-c2ccccc2Cl)o1)C1CC1. The second-order valence-corrected chi connectivity index (χ2v) is 8.55. The molecule has 0 atom stereocenters. The number of halogens is 1. The van der Waals surface area contributed by atoms with Gasteiger partial charge in [0, 0.05) is 11.8 Å². The number of carbonyl (C=O) groups excluding carboxylic acids is 1. The van der Waals surface area contributed by atoms with E-state index in [1.165, 1.54) is 11.1 Å². The Morgan fingerprint density at radius 2 is 1.93 bits per heavy atom. The minimum Gasteiger partial charge on any atom is -0.419 e. The monoisotopic (exact) mass is 427 g/mol. The molecule has 150 valence electrons. The van der Waals surface area contributed by atoms with Crippen molar-refractivity contribution in [3.63, 3.8) is 0 Å². The van der Waals surface area contributed by atoms with Crippen LogP contribution in [0.2, 0.25) is 5.02 Å². The molecule has 0 saturated heterocycles. The van der Waals surface area contributed by atoms with E-state index < -0.39 is 0 Å². The number of amides is 1. The van der Waals surface area contributed by atoms with E-state index in [9.17, 15) is 4.79 Å². The van der Waals surface area contributed by atoms with Gasteiger partial charge in [-0.3, -0.25) is 4.79 Å². The average molecular weight is 428 g/mol. The quantitative estimate of drug-likeness (QED) is 0.499. The standard InChI is InChI=1S/C22H22ClN3O2S/c1-15-6-2-3-7-16(15)13-29-14-21(27)26(17-10-11-17)12-20-24-25-22(28-20)18-8-4-5-9-19(18)23/h2-9,17H,10-14H2,1H3. The fourth-order valence-corrected chi connectivity index (χ4v) is 4.32. The van der Waals surface area contributed by atoms with Crippen LogP contribution in [-0.4, -0.2) is 32.8 Å². The molecule has 0 radical (unpaired) electrons. The summed E-state index contributed by atoms with van der Waals surface area (Å²) in [6, 6.07) is 15.9. The molecule has 1 heterocycles. The molecule has 1 aromatic heterocycles. The third kappa shape index (κ3) is 5.00. The van der Waals surface area contributed by atoms with Gasteiger partial charge in [0.1, 0.15) is 0 Å². The Morgan fingerprint density at radius 3 is 2.69 bits per heavy atom. The van der Waals surface area contributed by atoms with Gasteiger partial charge in [-0.05, 0) is 43.0 Å². The first-order valence-corrected chi connectivity index (χ1v) is 11.1. The van der Waals surface area contributed by atoms with Crippen LogP contribution in [0, 0.1) is 6.92 Å². The number of aryl methyl sites for hydroxylation is 1. The lowest BCUT2D eigenvalue weighted by Crippen LogP contribution is -2.34. The van der Waals surface area contributed by atoms with Crippen molar-refractivity contribution in [2.75, 3.05) is 5.75 Å². The minimum absolute atomic E-state index is 0.114. The fraction of sp³-hybridized carbons (Fsp3) is 0.318. The number of aromatic nitrogens is 2. The van der Waals surface area contributed by atoms with E-state index in [4.69, 9.17) is 16.0 Å². The van der Waals surface area contributed by atoms with Crippen LogP contribution in [0.3, 0.4) is 0 Å². The normalized spacial score (nSPS) is 13.4. The Bertz CT molecular complexity index is 1000. The lowest BCUT2D eigenvalue weighted by atomic mass is 10.1. The Labute approximate surface area is 179 Å². The minimum atomic E-state index is 0.114. The number of nitrogens with zero attached hydrogens (tertiary/aromatic N) is 3. The van der Waals surface area contributed by atoms with Crippen LogP contribution in [0.5, 0.6) is 0 Å². The zero-order valence-corrected chi connectivity index (χ0v) is 17.7. The maximum atomic E-state index is 12.8. The molecule has 1 fully saturated rings. The van der Waals surface area contributed by atoms with Crippen molar-refractivity contribution in [2.24, 2.45) is 0 Å². The summed E-state index contributed by atoms with van der Waals surface area (Å²) < 4.78 is 5.79. The van der Waals surface area contributed by atoms with E-state index in [0.29, 0.717) is 34.7 Å². The molecule has 0 spiro atoms. The highest BCUT2D eigenvalue weighted by Crippen LogP contribution is 2.31. The zero-order valence-electron chi connectivity index (χ0n) is 16.2. The van der Waals surface area contributed by atoms with Crippen LogP contribution in [0.1, 0.15) is 29.9 Å². The van der Waals surface area contributed by atoms with Crippen molar-refractivity contribution < 1.29 is 9.21 Å². The predicted octanol–water partition coefficient (Wildman–Crippen LogP) is 5.12. The Balaban J connectivity index is 1.38. The lowest BCUT2D eigenvalue weighted by molar-refractivity contribution is -0.129. The molecule has 0 N–H and O–H groups in total. The molecular weight excluding hydrogens is 406 g/mol. The van der Waals surface area contributed by atoms with Crippen LogP contribution in [-0.2, 0) is 17.1 Å². The molecule has 5 nitrogen and oxygen atoms in total. The molecule has 2 aromatic carbocycles. The molecule has 1 saturated carbocycles. The maximum absolute atomic E-state index is 12.8. The van der Waals surface area contributed by atoms with E-state index in [0.717, 1.165) is 18.6 Å². The summed E-state index contributed by atoms with van der Waals surface area (Å²) in [7, 11) is 0. The number of carbonyl (C=O) groups is 1. The fourth-order valence-electron chi connectivity index (χ4n) is 3.12. The summed E-state index contributed by atoms with van der Waals surface area (Å²) >= 11 is 7.85. The van der Waals surface area contributed by atoms with Crippen molar-refractivity contribution in [1.29, 1.82) is 0 Å². The summed E-state index contributed by atoms with van der Waals surface area (Å²) in [5.74, 6) is 2.19. The Hall–Kier alpha value is -2.31. The van der Waals surface area contributed by atoms with Gasteiger partial charge in [0.15, 0.2) is 0 Å². The second kappa shape index (κ2) is 9.01. The molecule has 0 unspecified atom stereocenters. The number of hydrogen-bond donors (Lipinski definition) is 0. The molecule has 1 aliphatic rings. The summed E-state index contributed by atoms with van der Waals surface area (Å²) in [5, 5.41) is 8.80. The summed E-state index contributed by atoms with van der Waals surface area (Å²) in [6.45, 7) is 2.44. The first-order valence-electron chi connectivity index (χ1n) is 9.61. The van der Waals surface area contributed by atoms with E-state index in [1.54, 1.807) is 17.8 Å². The first-order chi connectivity index (χ1) is 14.1. The number of thioether (sulfide) groups is 1. The first kappa shape index (κ1) is 20.0. The van der Waals surface area contributed by atoms with Crippen LogP contribution in [0.4, 0.5) is 0 Å². The molecule has 1 amide bonds. The van der Waals surface area contributed by atoms with Crippen molar-refractivity contribution in [3.05, 3.63) is 70.6 Å². The van der Waals surface area contributed by atoms with Crippen LogP contribution >= 0.6 is 23.4 Å². The molecule has 0 bridgehead atoms. The van der Waals surface area contributed by atoms with Crippen LogP contribution in [0.25, 0.3) is 11.5 Å². The maximum Gasteiger partial charge on any atom is 0.249 e. The van der Waals surface area contributed by atoms with Gasteiger partial charge in [-0.15, -0.1) is 22.0 Å². The van der Waals surface area contributed by atoms with Crippen molar-refractivity contribution in [1.82, 2.24) is 15.1 Å². The van der Waals surface area contributed by atoms with Gasteiger partial charge in [0.25, 0.3) is 0 Å². The van der Waals surface area contributed by atoms with Crippen molar-refractivity contribution in [3.8, 4) is 11.5 Å². The molecule has 7 heteroatoms. The van der Waals surface area contributed by atoms with E-state index in [-0.39, 0.29) is 11.9 Å². The van der Waals surface area contributed by atoms with E-state index >= 15 is 0 Å². The van der Waals surface area contributed by atoms with Gasteiger partial charge in [-0.2, -0.15) is 0 Å². The molecule has 0 aliphatic heterocycles. The zero-order chi connectivity index (χ0) is 20.2. The Morgan fingerprint density at radius 1 is 1.17 bits per heavy atom. The van der Waals surface area contributed by atoms with Gasteiger partial charge < -0.3 is 9.32 Å². The smallest absolute Gasteiger partial charge is 0.249 e. The highest BCUT2D eigenvalue weighted by atomic mass is 35.5. The third-order valence-corrected chi connectivity index (χ3v) is 6.22. The molecule has 1 aliphatic carbocycles. The number of benzene rings is 2. The van der Waals surface area contributed by atoms with Crippen LogP contribution in [0.15, 0.2) is 52.9 Å². The van der Waals surface area contributed by atoms with E-state index in [2.05, 4.69) is 29.3 Å². The predicted molar refractivity (Wildman–Crippen MR) is 116 cm³/mol. The summed E-state index contributed by atoms with van der Waals surface area (Å²) in [6.07, 6.45) is 2.05. The Kier molecular flexibility index (Phi) is 6.21. The highest BCUT2D eigenvalue weighted by molar-refractivity contribution is 7.99. The van der Waals surface area contributed by atoms with E-state index in [1.807, 2.05) is 35.2 Å². The molecule has 4 rings (SSSR count). The number of rotatable bonds is 8. The molecule has 3 aromatic rings. The molecule has 29 heavy (non-hydrogen) atoms. The lowest BCUT2D eigenvalue weighted by Gasteiger charge is -2.20. The largest absolute Gasteiger partial charge is 0.419 e.